The first kappa shape index (κ1) is 14.4. The van der Waals surface area contributed by atoms with Crippen LogP contribution in [0, 0.1) is 6.92 Å². The molecule has 0 spiro atoms. The number of amides is 1. The number of hydrogen-bond acceptors (Lipinski definition) is 4. The minimum absolute atomic E-state index is 0.0593. The molecule has 1 aliphatic carbocycles. The van der Waals surface area contributed by atoms with E-state index in [1.807, 2.05) is 11.0 Å². The molecule has 23 heavy (non-hydrogen) atoms. The lowest BCUT2D eigenvalue weighted by Gasteiger charge is -2.23. The van der Waals surface area contributed by atoms with E-state index >= 15 is 0 Å². The summed E-state index contributed by atoms with van der Waals surface area (Å²) >= 11 is 0. The fraction of sp³-hybridized carbons (Fsp3) is 0.500. The number of likely N-dealkylation sites (tertiary alicyclic amines) is 1. The number of nitrogens with zero attached hydrogens (tertiary/aromatic N) is 3. The molecule has 0 bridgehead atoms. The molecule has 1 aromatic carbocycles. The van der Waals surface area contributed by atoms with Crippen LogP contribution in [0.4, 0.5) is 0 Å². The lowest BCUT2D eigenvalue weighted by molar-refractivity contribution is 0.0728. The van der Waals surface area contributed by atoms with E-state index in [9.17, 15) is 4.79 Å². The molecule has 1 atom stereocenters. The number of hydrogen-bond donors (Lipinski definition) is 0. The highest BCUT2D eigenvalue weighted by Crippen LogP contribution is 2.32. The minimum atomic E-state index is -0.0593. The number of carbonyl (C=O) groups excluding carboxylic acids is 1. The highest BCUT2D eigenvalue weighted by molar-refractivity contribution is 5.95. The zero-order chi connectivity index (χ0) is 15.8. The van der Waals surface area contributed by atoms with Crippen LogP contribution in [-0.2, 0) is 12.8 Å². The Bertz CT molecular complexity index is 738. The van der Waals surface area contributed by atoms with E-state index in [-0.39, 0.29) is 11.9 Å². The second-order valence-electron chi connectivity index (χ2n) is 6.52. The summed E-state index contributed by atoms with van der Waals surface area (Å²) in [5, 5.41) is 4.01. The van der Waals surface area contributed by atoms with Crippen LogP contribution < -0.4 is 0 Å². The summed E-state index contributed by atoms with van der Waals surface area (Å²) in [6.07, 6.45) is 6.58. The van der Waals surface area contributed by atoms with Crippen LogP contribution in [-0.4, -0.2) is 27.5 Å². The van der Waals surface area contributed by atoms with E-state index in [1.165, 1.54) is 24.0 Å². The van der Waals surface area contributed by atoms with Gasteiger partial charge in [-0.25, -0.2) is 0 Å². The molecule has 0 N–H and O–H groups in total. The molecule has 120 valence electrons. The molecule has 5 nitrogen and oxygen atoms in total. The van der Waals surface area contributed by atoms with Crippen LogP contribution >= 0.6 is 0 Å². The SMILES string of the molecule is Cc1nc([C@H]2CCCN2C(=O)c2ccc3c(c2)CCCC3)no1. The Morgan fingerprint density at radius 1 is 1.22 bits per heavy atom. The minimum Gasteiger partial charge on any atom is -0.340 e. The standard InChI is InChI=1S/C18H21N3O2/c1-12-19-17(20-23-12)16-7-4-10-21(16)18(22)15-9-8-13-5-2-3-6-14(13)11-15/h8-9,11,16H,2-7,10H2,1H3/t16-/m1/s1. The van der Waals surface area contributed by atoms with Gasteiger partial charge in [0.1, 0.15) is 0 Å². The van der Waals surface area contributed by atoms with Crippen LogP contribution in [0.25, 0.3) is 0 Å². The lowest BCUT2D eigenvalue weighted by Crippen LogP contribution is -2.31. The molecule has 5 heteroatoms. The molecular weight excluding hydrogens is 290 g/mol. The zero-order valence-corrected chi connectivity index (χ0v) is 13.4. The van der Waals surface area contributed by atoms with Crippen molar-refractivity contribution < 1.29 is 9.32 Å². The number of benzene rings is 1. The van der Waals surface area contributed by atoms with E-state index < -0.39 is 0 Å². The van der Waals surface area contributed by atoms with E-state index in [4.69, 9.17) is 4.52 Å². The van der Waals surface area contributed by atoms with Crippen molar-refractivity contribution in [3.8, 4) is 0 Å². The van der Waals surface area contributed by atoms with E-state index in [2.05, 4.69) is 22.3 Å². The molecule has 1 aliphatic heterocycles. The fourth-order valence-electron chi connectivity index (χ4n) is 3.76. The number of aryl methyl sites for hydroxylation is 3. The van der Waals surface area contributed by atoms with Gasteiger partial charge in [-0.2, -0.15) is 4.98 Å². The molecule has 4 rings (SSSR count). The van der Waals surface area contributed by atoms with Gasteiger partial charge in [0.2, 0.25) is 5.89 Å². The first-order valence-corrected chi connectivity index (χ1v) is 8.45. The smallest absolute Gasteiger partial charge is 0.254 e. The molecule has 2 aliphatic rings. The van der Waals surface area contributed by atoms with E-state index in [1.54, 1.807) is 6.92 Å². The Morgan fingerprint density at radius 2 is 2.04 bits per heavy atom. The van der Waals surface area contributed by atoms with Gasteiger partial charge in [0.25, 0.3) is 5.91 Å². The predicted molar refractivity (Wildman–Crippen MR) is 85.1 cm³/mol. The monoisotopic (exact) mass is 311 g/mol. The Kier molecular flexibility index (Phi) is 3.63. The molecule has 0 radical (unpaired) electrons. The maximum Gasteiger partial charge on any atom is 0.254 e. The van der Waals surface area contributed by atoms with Gasteiger partial charge in [-0.1, -0.05) is 11.2 Å². The average molecular weight is 311 g/mol. The Hall–Kier alpha value is -2.17. The highest BCUT2D eigenvalue weighted by Gasteiger charge is 2.33. The van der Waals surface area contributed by atoms with Crippen molar-refractivity contribution in [2.45, 2.75) is 51.5 Å². The largest absolute Gasteiger partial charge is 0.340 e. The Balaban J connectivity index is 1.60. The molecule has 1 fully saturated rings. The predicted octanol–water partition coefficient (Wildman–Crippen LogP) is 3.23. The zero-order valence-electron chi connectivity index (χ0n) is 13.4. The summed E-state index contributed by atoms with van der Waals surface area (Å²) < 4.78 is 5.09. The van der Waals surface area contributed by atoms with Crippen LogP contribution in [0.2, 0.25) is 0 Å². The van der Waals surface area contributed by atoms with Gasteiger partial charge < -0.3 is 9.42 Å². The number of aromatic nitrogens is 2. The summed E-state index contributed by atoms with van der Waals surface area (Å²) in [4.78, 5) is 19.2. The molecule has 2 aromatic rings. The molecular formula is C18H21N3O2. The van der Waals surface area contributed by atoms with Crippen molar-refractivity contribution in [1.82, 2.24) is 15.0 Å². The first-order chi connectivity index (χ1) is 11.2. The van der Waals surface area contributed by atoms with Gasteiger partial charge in [0.05, 0.1) is 6.04 Å². The third-order valence-corrected chi connectivity index (χ3v) is 4.95. The lowest BCUT2D eigenvalue weighted by atomic mass is 9.90. The molecule has 0 unspecified atom stereocenters. The quantitative estimate of drug-likeness (QED) is 0.854. The van der Waals surface area contributed by atoms with Crippen molar-refractivity contribution >= 4 is 5.91 Å². The van der Waals surface area contributed by atoms with E-state index in [0.29, 0.717) is 11.7 Å². The molecule has 1 amide bonds. The molecule has 2 heterocycles. The summed E-state index contributed by atoms with van der Waals surface area (Å²) in [5.74, 6) is 1.27. The summed E-state index contributed by atoms with van der Waals surface area (Å²) in [6, 6.07) is 6.14. The van der Waals surface area contributed by atoms with Crippen molar-refractivity contribution in [3.05, 3.63) is 46.6 Å². The second-order valence-corrected chi connectivity index (χ2v) is 6.52. The van der Waals surface area contributed by atoms with Crippen molar-refractivity contribution in [3.63, 3.8) is 0 Å². The van der Waals surface area contributed by atoms with Crippen molar-refractivity contribution in [2.24, 2.45) is 0 Å². The van der Waals surface area contributed by atoms with Crippen LogP contribution in [0.15, 0.2) is 22.7 Å². The summed E-state index contributed by atoms with van der Waals surface area (Å²) in [5.41, 5.74) is 3.53. The first-order valence-electron chi connectivity index (χ1n) is 8.45. The maximum absolute atomic E-state index is 13.0. The Labute approximate surface area is 135 Å². The number of rotatable bonds is 2. The maximum atomic E-state index is 13.0. The van der Waals surface area contributed by atoms with Crippen molar-refractivity contribution in [2.75, 3.05) is 6.54 Å². The molecule has 1 saturated heterocycles. The van der Waals surface area contributed by atoms with Gasteiger partial charge >= 0.3 is 0 Å². The van der Waals surface area contributed by atoms with Crippen LogP contribution in [0.1, 0.15) is 64.9 Å². The van der Waals surface area contributed by atoms with Gasteiger partial charge in [-0.15, -0.1) is 0 Å². The number of fused-ring (bicyclic) bond motifs is 1. The van der Waals surface area contributed by atoms with E-state index in [0.717, 1.165) is 37.8 Å². The van der Waals surface area contributed by atoms with Gasteiger partial charge in [-0.05, 0) is 61.8 Å². The summed E-state index contributed by atoms with van der Waals surface area (Å²) in [7, 11) is 0. The van der Waals surface area contributed by atoms with Gasteiger partial charge in [0.15, 0.2) is 5.82 Å². The third-order valence-electron chi connectivity index (χ3n) is 4.95. The van der Waals surface area contributed by atoms with Crippen molar-refractivity contribution in [1.29, 1.82) is 0 Å². The third kappa shape index (κ3) is 2.64. The molecule has 0 saturated carbocycles. The number of carbonyl (C=O) groups is 1. The average Bonchev–Trinajstić information content (AvgIpc) is 3.22. The van der Waals surface area contributed by atoms with Crippen LogP contribution in [0.5, 0.6) is 0 Å². The van der Waals surface area contributed by atoms with Crippen LogP contribution in [0.3, 0.4) is 0 Å². The normalized spacial score (nSPS) is 20.6. The van der Waals surface area contributed by atoms with Gasteiger partial charge in [0, 0.05) is 19.0 Å². The highest BCUT2D eigenvalue weighted by atomic mass is 16.5. The summed E-state index contributed by atoms with van der Waals surface area (Å²) in [6.45, 7) is 2.54. The topological polar surface area (TPSA) is 59.2 Å². The Morgan fingerprint density at radius 3 is 2.83 bits per heavy atom. The molecule has 1 aromatic heterocycles. The van der Waals surface area contributed by atoms with Gasteiger partial charge in [-0.3, -0.25) is 4.79 Å². The second kappa shape index (κ2) is 5.80. The fourth-order valence-corrected chi connectivity index (χ4v) is 3.76.